The Morgan fingerprint density at radius 3 is 2.92 bits per heavy atom. The molecule has 2 N–H and O–H groups in total. The Morgan fingerprint density at radius 2 is 2.17 bits per heavy atom. The van der Waals surface area contributed by atoms with Crippen LogP contribution in [0.2, 0.25) is 0 Å². The molecule has 0 fully saturated rings. The minimum atomic E-state index is 0.938. The number of nitrogens with two attached hydrogens (primary N) is 1. The molecule has 0 atom stereocenters. The zero-order valence-electron chi connectivity index (χ0n) is 6.60. The number of rotatable bonds is 0. The largest absolute Gasteiger partial charge is 0.397 e. The molecular weight excluding hydrogens is 281 g/mol. The third-order valence-electron chi connectivity index (χ3n) is 1.87. The second kappa shape index (κ2) is 2.88. The lowest BCUT2D eigenvalue weighted by Crippen LogP contribution is -1.83. The maximum absolute atomic E-state index is 5.91. The number of hydrogen-bond donors (Lipinski definition) is 1. The summed E-state index contributed by atoms with van der Waals surface area (Å²) in [6.07, 6.45) is 0. The number of nitrogen functional groups attached to an aromatic ring is 1. The van der Waals surface area contributed by atoms with Gasteiger partial charge in [-0.1, -0.05) is 0 Å². The quantitative estimate of drug-likeness (QED) is 0.739. The van der Waals surface area contributed by atoms with Crippen LogP contribution >= 0.6 is 33.9 Å². The van der Waals surface area contributed by atoms with Gasteiger partial charge >= 0.3 is 0 Å². The predicted octanol–water partition coefficient (Wildman–Crippen LogP) is 3.40. The Morgan fingerprint density at radius 1 is 1.42 bits per heavy atom. The molecule has 0 bridgehead atoms. The molecule has 0 aliphatic carbocycles. The fourth-order valence-electron chi connectivity index (χ4n) is 1.21. The first-order chi connectivity index (χ1) is 5.68. The molecule has 0 amide bonds. The van der Waals surface area contributed by atoms with Crippen molar-refractivity contribution in [1.29, 1.82) is 0 Å². The summed E-state index contributed by atoms with van der Waals surface area (Å²) in [6.45, 7) is 2.06. The van der Waals surface area contributed by atoms with Crippen LogP contribution in [0.15, 0.2) is 18.2 Å². The standard InChI is InChI=1S/C9H8INS/c1-5-9(11)7-4-6(10)2-3-8(7)12-5/h2-4H,11H2,1H3. The smallest absolute Gasteiger partial charge is 0.0532 e. The number of aryl methyl sites for hydroxylation is 1. The van der Waals surface area contributed by atoms with Gasteiger partial charge in [0.05, 0.1) is 5.69 Å². The molecule has 1 nitrogen and oxygen atoms in total. The predicted molar refractivity (Wildman–Crippen MR) is 63.7 cm³/mol. The average molecular weight is 289 g/mol. The maximum atomic E-state index is 5.91. The third kappa shape index (κ3) is 1.21. The summed E-state index contributed by atoms with van der Waals surface area (Å²) < 4.78 is 2.52. The summed E-state index contributed by atoms with van der Waals surface area (Å²) in [5.74, 6) is 0. The Hall–Kier alpha value is -0.290. The first kappa shape index (κ1) is 8.31. The SMILES string of the molecule is Cc1sc2ccc(I)cc2c1N. The summed E-state index contributed by atoms with van der Waals surface area (Å²) in [5.41, 5.74) is 6.85. The summed E-state index contributed by atoms with van der Waals surface area (Å²) in [5, 5.41) is 1.20. The highest BCUT2D eigenvalue weighted by Crippen LogP contribution is 2.33. The van der Waals surface area contributed by atoms with E-state index in [0.717, 1.165) is 5.69 Å². The molecule has 62 valence electrons. The van der Waals surface area contributed by atoms with E-state index >= 15 is 0 Å². The minimum Gasteiger partial charge on any atom is -0.397 e. The number of halogens is 1. The number of hydrogen-bond acceptors (Lipinski definition) is 2. The van der Waals surface area contributed by atoms with Gasteiger partial charge in [0.25, 0.3) is 0 Å². The minimum absolute atomic E-state index is 0.938. The number of fused-ring (bicyclic) bond motifs is 1. The zero-order chi connectivity index (χ0) is 8.72. The first-order valence-corrected chi connectivity index (χ1v) is 5.52. The molecule has 3 heteroatoms. The Balaban J connectivity index is 2.88. The molecule has 1 aromatic carbocycles. The van der Waals surface area contributed by atoms with Crippen molar-refractivity contribution >= 4 is 49.7 Å². The van der Waals surface area contributed by atoms with Crippen molar-refractivity contribution in [3.8, 4) is 0 Å². The lowest BCUT2D eigenvalue weighted by Gasteiger charge is -1.92. The van der Waals surface area contributed by atoms with Gasteiger partial charge in [0.2, 0.25) is 0 Å². The van der Waals surface area contributed by atoms with Crippen molar-refractivity contribution in [2.75, 3.05) is 5.73 Å². The van der Waals surface area contributed by atoms with E-state index < -0.39 is 0 Å². The Bertz CT molecular complexity index is 433. The molecule has 2 aromatic rings. The van der Waals surface area contributed by atoms with E-state index in [2.05, 4.69) is 47.7 Å². The molecule has 1 aromatic heterocycles. The third-order valence-corrected chi connectivity index (χ3v) is 3.65. The molecule has 0 unspecified atom stereocenters. The summed E-state index contributed by atoms with van der Waals surface area (Å²) in [4.78, 5) is 1.21. The van der Waals surface area contributed by atoms with Crippen molar-refractivity contribution < 1.29 is 0 Å². The first-order valence-electron chi connectivity index (χ1n) is 3.62. The topological polar surface area (TPSA) is 26.0 Å². The number of anilines is 1. The van der Waals surface area contributed by atoms with Gasteiger partial charge in [0.1, 0.15) is 0 Å². The van der Waals surface area contributed by atoms with Crippen molar-refractivity contribution in [3.63, 3.8) is 0 Å². The van der Waals surface area contributed by atoms with Crippen molar-refractivity contribution in [3.05, 3.63) is 26.6 Å². The van der Waals surface area contributed by atoms with E-state index in [0.29, 0.717) is 0 Å². The van der Waals surface area contributed by atoms with Crippen LogP contribution in [0.25, 0.3) is 10.1 Å². The van der Waals surface area contributed by atoms with Crippen LogP contribution in [-0.2, 0) is 0 Å². The molecule has 0 spiro atoms. The van der Waals surface area contributed by atoms with Crippen LogP contribution < -0.4 is 5.73 Å². The van der Waals surface area contributed by atoms with Gasteiger partial charge < -0.3 is 5.73 Å². The molecule has 0 saturated heterocycles. The average Bonchev–Trinajstić information content (AvgIpc) is 2.31. The fraction of sp³-hybridized carbons (Fsp3) is 0.111. The van der Waals surface area contributed by atoms with Crippen LogP contribution in [0, 0.1) is 10.5 Å². The van der Waals surface area contributed by atoms with E-state index in [1.165, 1.54) is 18.5 Å². The monoisotopic (exact) mass is 289 g/mol. The number of benzene rings is 1. The van der Waals surface area contributed by atoms with Crippen LogP contribution in [-0.4, -0.2) is 0 Å². The lowest BCUT2D eigenvalue weighted by molar-refractivity contribution is 1.63. The highest BCUT2D eigenvalue weighted by Gasteiger charge is 2.04. The van der Waals surface area contributed by atoms with Crippen molar-refractivity contribution in [1.82, 2.24) is 0 Å². The lowest BCUT2D eigenvalue weighted by atomic mass is 10.2. The van der Waals surface area contributed by atoms with Gasteiger partial charge in [-0.25, -0.2) is 0 Å². The van der Waals surface area contributed by atoms with Crippen LogP contribution in [0.1, 0.15) is 4.88 Å². The normalized spacial score (nSPS) is 10.8. The zero-order valence-corrected chi connectivity index (χ0v) is 9.57. The second-order valence-electron chi connectivity index (χ2n) is 2.71. The van der Waals surface area contributed by atoms with E-state index in [4.69, 9.17) is 5.73 Å². The van der Waals surface area contributed by atoms with Crippen molar-refractivity contribution in [2.24, 2.45) is 0 Å². The number of thiophene rings is 1. The molecule has 2 rings (SSSR count). The summed E-state index contributed by atoms with van der Waals surface area (Å²) >= 11 is 4.06. The molecule has 0 saturated carbocycles. The molecule has 0 aliphatic heterocycles. The van der Waals surface area contributed by atoms with Crippen LogP contribution in [0.3, 0.4) is 0 Å². The molecule has 12 heavy (non-hydrogen) atoms. The summed E-state index contributed by atoms with van der Waals surface area (Å²) in [7, 11) is 0. The highest BCUT2D eigenvalue weighted by atomic mass is 127. The van der Waals surface area contributed by atoms with E-state index in [9.17, 15) is 0 Å². The van der Waals surface area contributed by atoms with E-state index in [1.54, 1.807) is 11.3 Å². The van der Waals surface area contributed by atoms with Crippen LogP contribution in [0.4, 0.5) is 5.69 Å². The van der Waals surface area contributed by atoms with Gasteiger partial charge in [-0.2, -0.15) is 0 Å². The Kier molecular flexibility index (Phi) is 2.00. The van der Waals surface area contributed by atoms with E-state index in [-0.39, 0.29) is 0 Å². The molecule has 0 aliphatic rings. The Labute approximate surface area is 88.7 Å². The summed E-state index contributed by atoms with van der Waals surface area (Å²) in [6, 6.07) is 6.37. The van der Waals surface area contributed by atoms with Gasteiger partial charge in [-0.15, -0.1) is 11.3 Å². The van der Waals surface area contributed by atoms with Crippen molar-refractivity contribution in [2.45, 2.75) is 6.92 Å². The van der Waals surface area contributed by atoms with Gasteiger partial charge in [-0.3, -0.25) is 0 Å². The molecule has 1 heterocycles. The second-order valence-corrected chi connectivity index (χ2v) is 5.21. The van der Waals surface area contributed by atoms with Crippen LogP contribution in [0.5, 0.6) is 0 Å². The highest BCUT2D eigenvalue weighted by molar-refractivity contribution is 14.1. The maximum Gasteiger partial charge on any atom is 0.0532 e. The van der Waals surface area contributed by atoms with Gasteiger partial charge in [-0.05, 0) is 47.7 Å². The molecule has 0 radical (unpaired) electrons. The fourth-order valence-corrected chi connectivity index (χ4v) is 2.67. The van der Waals surface area contributed by atoms with Gasteiger partial charge in [0, 0.05) is 18.5 Å². The van der Waals surface area contributed by atoms with E-state index in [1.807, 2.05) is 0 Å². The molecular formula is C9H8INS. The van der Waals surface area contributed by atoms with Gasteiger partial charge in [0.15, 0.2) is 0 Å².